The monoisotopic (exact) mass is 298 g/mol. The second kappa shape index (κ2) is 6.89. The van der Waals surface area contributed by atoms with Gasteiger partial charge in [0.05, 0.1) is 19.3 Å². The molecule has 0 saturated carbocycles. The van der Waals surface area contributed by atoms with Crippen molar-refractivity contribution in [3.63, 3.8) is 0 Å². The number of aliphatic carboxylic acids is 1. The van der Waals surface area contributed by atoms with Crippen LogP contribution in [0.5, 0.6) is 0 Å². The molecule has 0 aliphatic carbocycles. The molecular formula is C11H17F3N2O4. The predicted molar refractivity (Wildman–Crippen MR) is 62.0 cm³/mol. The molecule has 1 rings (SSSR count). The number of morpholine rings is 1. The average Bonchev–Trinajstić information content (AvgIpc) is 2.36. The lowest BCUT2D eigenvalue weighted by Crippen LogP contribution is -2.51. The summed E-state index contributed by atoms with van der Waals surface area (Å²) in [7, 11) is 0. The number of hydrogen-bond donors (Lipinski definition) is 2. The first-order chi connectivity index (χ1) is 9.23. The lowest BCUT2D eigenvalue weighted by molar-refractivity contribution is -0.192. The number of ether oxygens (including phenoxy) is 1. The van der Waals surface area contributed by atoms with Crippen molar-refractivity contribution in [2.24, 2.45) is 5.92 Å². The topological polar surface area (TPSA) is 78.9 Å². The summed E-state index contributed by atoms with van der Waals surface area (Å²) in [4.78, 5) is 23.9. The Morgan fingerprint density at radius 3 is 2.35 bits per heavy atom. The summed E-state index contributed by atoms with van der Waals surface area (Å²) in [5, 5.41) is 10.9. The quantitative estimate of drug-likeness (QED) is 0.752. The Balaban J connectivity index is 2.50. The van der Waals surface area contributed by atoms with Gasteiger partial charge in [0, 0.05) is 19.6 Å². The smallest absolute Gasteiger partial charge is 0.403 e. The van der Waals surface area contributed by atoms with Crippen LogP contribution in [0.4, 0.5) is 13.2 Å². The largest absolute Gasteiger partial charge is 0.481 e. The van der Waals surface area contributed by atoms with Gasteiger partial charge in [0.25, 0.3) is 0 Å². The first kappa shape index (κ1) is 16.7. The van der Waals surface area contributed by atoms with Gasteiger partial charge in [-0.2, -0.15) is 13.2 Å². The molecule has 6 nitrogen and oxygen atoms in total. The van der Waals surface area contributed by atoms with Gasteiger partial charge < -0.3 is 20.1 Å². The van der Waals surface area contributed by atoms with E-state index in [1.165, 1.54) is 11.8 Å². The molecule has 9 heteroatoms. The van der Waals surface area contributed by atoms with Crippen LogP contribution in [0.2, 0.25) is 0 Å². The third-order valence-electron chi connectivity index (χ3n) is 3.01. The number of carboxylic acids is 1. The molecule has 0 radical (unpaired) electrons. The Kier molecular flexibility index (Phi) is 5.75. The van der Waals surface area contributed by atoms with Crippen LogP contribution < -0.4 is 5.32 Å². The second-order valence-corrected chi connectivity index (χ2v) is 4.50. The Bertz CT molecular complexity index is 356. The maximum Gasteiger partial charge on any atom is 0.403 e. The van der Waals surface area contributed by atoms with E-state index in [1.807, 2.05) is 0 Å². The molecule has 116 valence electrons. The van der Waals surface area contributed by atoms with Gasteiger partial charge in [-0.1, -0.05) is 0 Å². The van der Waals surface area contributed by atoms with Crippen LogP contribution in [0.1, 0.15) is 6.92 Å². The number of rotatable bonds is 5. The summed E-state index contributed by atoms with van der Waals surface area (Å²) in [6, 6.07) is -0.878. The van der Waals surface area contributed by atoms with Gasteiger partial charge >= 0.3 is 12.1 Å². The molecule has 0 aromatic rings. The Labute approximate surface area is 113 Å². The van der Waals surface area contributed by atoms with Crippen LogP contribution in [-0.4, -0.2) is 66.9 Å². The van der Waals surface area contributed by atoms with Crippen LogP contribution >= 0.6 is 0 Å². The minimum atomic E-state index is -4.85. The van der Waals surface area contributed by atoms with Crippen molar-refractivity contribution in [1.29, 1.82) is 0 Å². The molecular weight excluding hydrogens is 281 g/mol. The molecule has 1 saturated heterocycles. The third-order valence-corrected chi connectivity index (χ3v) is 3.01. The van der Waals surface area contributed by atoms with Gasteiger partial charge in [-0.05, 0) is 6.92 Å². The van der Waals surface area contributed by atoms with Crippen molar-refractivity contribution in [2.45, 2.75) is 19.1 Å². The molecule has 2 unspecified atom stereocenters. The summed E-state index contributed by atoms with van der Waals surface area (Å²) < 4.78 is 42.4. The summed E-state index contributed by atoms with van der Waals surface area (Å²) >= 11 is 0. The van der Waals surface area contributed by atoms with Crippen molar-refractivity contribution < 1.29 is 32.6 Å². The van der Waals surface area contributed by atoms with Crippen LogP contribution in [0.15, 0.2) is 0 Å². The number of halogens is 3. The zero-order chi connectivity index (χ0) is 15.3. The van der Waals surface area contributed by atoms with Crippen molar-refractivity contribution in [2.75, 3.05) is 32.8 Å². The summed E-state index contributed by atoms with van der Waals surface area (Å²) in [5.41, 5.74) is 0. The van der Waals surface area contributed by atoms with E-state index in [1.54, 1.807) is 0 Å². The van der Waals surface area contributed by atoms with Crippen molar-refractivity contribution in [3.05, 3.63) is 0 Å². The molecule has 0 aromatic heterocycles. The van der Waals surface area contributed by atoms with Crippen LogP contribution in [0, 0.1) is 5.92 Å². The van der Waals surface area contributed by atoms with E-state index in [4.69, 9.17) is 9.84 Å². The number of carbonyl (C=O) groups excluding carboxylic acids is 1. The fraction of sp³-hybridized carbons (Fsp3) is 0.818. The maximum atomic E-state index is 12.4. The SMILES string of the molecule is CC(NCC(C(=O)O)C(F)(F)F)C(=O)N1CCOCC1. The van der Waals surface area contributed by atoms with Gasteiger partial charge in [0.15, 0.2) is 5.92 Å². The summed E-state index contributed by atoms with van der Waals surface area (Å²) in [5.74, 6) is -4.85. The lowest BCUT2D eigenvalue weighted by Gasteiger charge is -2.30. The fourth-order valence-electron chi connectivity index (χ4n) is 1.78. The van der Waals surface area contributed by atoms with Gasteiger partial charge in [-0.15, -0.1) is 0 Å². The van der Waals surface area contributed by atoms with E-state index in [2.05, 4.69) is 5.32 Å². The molecule has 0 aromatic carbocycles. The number of carboxylic acid groups (broad SMARTS) is 1. The zero-order valence-electron chi connectivity index (χ0n) is 10.9. The Hall–Kier alpha value is -1.35. The number of carbonyl (C=O) groups is 2. The maximum absolute atomic E-state index is 12.4. The molecule has 0 spiro atoms. The van der Waals surface area contributed by atoms with Gasteiger partial charge in [-0.25, -0.2) is 0 Å². The third kappa shape index (κ3) is 4.64. The van der Waals surface area contributed by atoms with E-state index in [0.29, 0.717) is 26.3 Å². The molecule has 0 bridgehead atoms. The number of hydrogen-bond acceptors (Lipinski definition) is 4. The summed E-state index contributed by atoms with van der Waals surface area (Å²) in [6.45, 7) is 2.11. The highest BCUT2D eigenvalue weighted by molar-refractivity contribution is 5.81. The second-order valence-electron chi connectivity index (χ2n) is 4.50. The molecule has 1 fully saturated rings. The average molecular weight is 298 g/mol. The highest BCUT2D eigenvalue weighted by Gasteiger charge is 2.45. The number of nitrogens with zero attached hydrogens (tertiary/aromatic N) is 1. The normalized spacial score (nSPS) is 19.5. The molecule has 1 amide bonds. The Morgan fingerprint density at radius 2 is 1.90 bits per heavy atom. The van der Waals surface area contributed by atoms with E-state index >= 15 is 0 Å². The first-order valence-corrected chi connectivity index (χ1v) is 6.13. The molecule has 1 aliphatic heterocycles. The first-order valence-electron chi connectivity index (χ1n) is 6.13. The molecule has 1 aliphatic rings. The Morgan fingerprint density at radius 1 is 1.35 bits per heavy atom. The minimum absolute atomic E-state index is 0.361. The van der Waals surface area contributed by atoms with E-state index in [-0.39, 0.29) is 5.91 Å². The highest BCUT2D eigenvalue weighted by Crippen LogP contribution is 2.25. The van der Waals surface area contributed by atoms with Gasteiger partial charge in [0.1, 0.15) is 0 Å². The summed E-state index contributed by atoms with van der Waals surface area (Å²) in [6.07, 6.45) is -4.85. The van der Waals surface area contributed by atoms with Gasteiger partial charge in [-0.3, -0.25) is 9.59 Å². The van der Waals surface area contributed by atoms with Crippen molar-refractivity contribution in [3.8, 4) is 0 Å². The van der Waals surface area contributed by atoms with Crippen LogP contribution in [0.25, 0.3) is 0 Å². The fourth-order valence-corrected chi connectivity index (χ4v) is 1.78. The van der Waals surface area contributed by atoms with Crippen LogP contribution in [-0.2, 0) is 14.3 Å². The van der Waals surface area contributed by atoms with E-state index in [0.717, 1.165) is 0 Å². The molecule has 2 atom stereocenters. The molecule has 20 heavy (non-hydrogen) atoms. The minimum Gasteiger partial charge on any atom is -0.481 e. The number of nitrogens with one attached hydrogen (secondary N) is 1. The van der Waals surface area contributed by atoms with Crippen LogP contribution in [0.3, 0.4) is 0 Å². The number of alkyl halides is 3. The zero-order valence-corrected chi connectivity index (χ0v) is 10.9. The van der Waals surface area contributed by atoms with E-state index < -0.39 is 30.7 Å². The predicted octanol–water partition coefficient (Wildman–Crippen LogP) is 0.0864. The van der Waals surface area contributed by atoms with Crippen molar-refractivity contribution >= 4 is 11.9 Å². The van der Waals surface area contributed by atoms with Gasteiger partial charge in [0.2, 0.25) is 5.91 Å². The number of amides is 1. The lowest BCUT2D eigenvalue weighted by atomic mass is 10.1. The standard InChI is InChI=1S/C11H17F3N2O4/c1-7(9(17)16-2-4-20-5-3-16)15-6-8(10(18)19)11(12,13)14/h7-8,15H,2-6H2,1H3,(H,18,19). The van der Waals surface area contributed by atoms with E-state index in [9.17, 15) is 22.8 Å². The highest BCUT2D eigenvalue weighted by atomic mass is 19.4. The molecule has 1 heterocycles. The van der Waals surface area contributed by atoms with Crippen molar-refractivity contribution in [1.82, 2.24) is 10.2 Å². The molecule has 2 N–H and O–H groups in total.